The van der Waals surface area contributed by atoms with Crippen LogP contribution in [0.1, 0.15) is 63.8 Å². The summed E-state index contributed by atoms with van der Waals surface area (Å²) in [5.74, 6) is 1.42. The summed E-state index contributed by atoms with van der Waals surface area (Å²) in [6.07, 6.45) is 6.22. The van der Waals surface area contributed by atoms with Gasteiger partial charge in [-0.05, 0) is 84.1 Å². The minimum Gasteiger partial charge on any atom is -0.493 e. The quantitative estimate of drug-likeness (QED) is 0.0933. The second-order valence-corrected chi connectivity index (χ2v) is 13.7. The maximum absolute atomic E-state index is 12.5. The average molecular weight is 669 g/mol. The molecule has 5 rings (SSSR count). The maximum Gasteiger partial charge on any atom is 0.310 e. The highest BCUT2D eigenvalue weighted by molar-refractivity contribution is 5.79. The van der Waals surface area contributed by atoms with Crippen molar-refractivity contribution in [2.45, 2.75) is 78.4 Å². The molecule has 1 saturated heterocycles. The zero-order valence-electron chi connectivity index (χ0n) is 30.2. The van der Waals surface area contributed by atoms with E-state index < -0.39 is 5.60 Å². The first kappa shape index (κ1) is 37.4. The van der Waals surface area contributed by atoms with Crippen LogP contribution in [0.5, 0.6) is 5.75 Å². The summed E-state index contributed by atoms with van der Waals surface area (Å²) in [7, 11) is 1.41. The van der Waals surface area contributed by atoms with E-state index >= 15 is 0 Å². The molecule has 0 unspecified atom stereocenters. The zero-order valence-corrected chi connectivity index (χ0v) is 30.2. The predicted octanol–water partition coefficient (Wildman–Crippen LogP) is 7.69. The van der Waals surface area contributed by atoms with Gasteiger partial charge in [-0.15, -0.1) is 13.2 Å². The Hall–Kier alpha value is -4.47. The molecule has 3 heterocycles. The summed E-state index contributed by atoms with van der Waals surface area (Å²) < 4.78 is 19.2. The van der Waals surface area contributed by atoms with E-state index in [4.69, 9.17) is 29.4 Å². The van der Waals surface area contributed by atoms with Crippen LogP contribution in [0.15, 0.2) is 73.8 Å². The van der Waals surface area contributed by atoms with E-state index in [1.807, 2.05) is 41.8 Å². The maximum atomic E-state index is 12.5. The second-order valence-electron chi connectivity index (χ2n) is 13.7. The number of benzene rings is 2. The second kappa shape index (κ2) is 16.3. The molecule has 0 bridgehead atoms. The lowest BCUT2D eigenvalue weighted by Gasteiger charge is -2.40. The number of fused-ring (bicyclic) bond motifs is 1. The molecule has 0 aliphatic carbocycles. The van der Waals surface area contributed by atoms with E-state index in [0.29, 0.717) is 13.2 Å². The van der Waals surface area contributed by atoms with Gasteiger partial charge < -0.3 is 24.2 Å². The lowest BCUT2D eigenvalue weighted by Crippen LogP contribution is -2.45. The number of rotatable bonds is 12. The van der Waals surface area contributed by atoms with E-state index in [-0.39, 0.29) is 18.0 Å². The van der Waals surface area contributed by atoms with E-state index in [1.54, 1.807) is 26.8 Å². The van der Waals surface area contributed by atoms with Crippen molar-refractivity contribution in [3.05, 3.63) is 90.7 Å². The lowest BCUT2D eigenvalue weighted by molar-refractivity contribution is -0.139. The normalized spacial score (nSPS) is 14.2. The van der Waals surface area contributed by atoms with Gasteiger partial charge in [0.1, 0.15) is 11.6 Å². The number of anilines is 1. The summed E-state index contributed by atoms with van der Waals surface area (Å²) >= 11 is 0. The number of esters is 1. The molecule has 0 saturated carbocycles. The Morgan fingerprint density at radius 2 is 1.71 bits per heavy atom. The Balaban J connectivity index is 0.00000101. The molecule has 4 aromatic rings. The van der Waals surface area contributed by atoms with Crippen molar-refractivity contribution >= 4 is 17.4 Å². The first-order chi connectivity index (χ1) is 23.3. The van der Waals surface area contributed by atoms with Crippen molar-refractivity contribution < 1.29 is 24.1 Å². The average Bonchev–Trinajstić information content (AvgIpc) is 3.48. The number of nitrogens with zero attached hydrogens (tertiary/aromatic N) is 4. The van der Waals surface area contributed by atoms with Crippen LogP contribution < -0.4 is 9.64 Å². The largest absolute Gasteiger partial charge is 0.493 e. The number of carbonyl (C=O) groups is 1. The third-order valence-electron chi connectivity index (χ3n) is 8.36. The van der Waals surface area contributed by atoms with Crippen molar-refractivity contribution in [3.8, 4) is 28.1 Å². The number of aryl methyl sites for hydroxylation is 2. The fourth-order valence-electron chi connectivity index (χ4n) is 5.84. The molecule has 1 aliphatic heterocycles. The van der Waals surface area contributed by atoms with Crippen molar-refractivity contribution in [2.24, 2.45) is 0 Å². The van der Waals surface area contributed by atoms with Crippen molar-refractivity contribution in [1.82, 2.24) is 14.6 Å². The molecule has 2 aromatic carbocycles. The van der Waals surface area contributed by atoms with Crippen LogP contribution in [0, 0.1) is 13.8 Å². The van der Waals surface area contributed by atoms with E-state index in [9.17, 15) is 4.79 Å². The number of aromatic nitrogens is 3. The van der Waals surface area contributed by atoms with Crippen LogP contribution >= 0.6 is 0 Å². The Labute approximate surface area is 291 Å². The van der Waals surface area contributed by atoms with Gasteiger partial charge in [-0.3, -0.25) is 4.79 Å². The lowest BCUT2D eigenvalue weighted by atomic mass is 9.93. The van der Waals surface area contributed by atoms with Gasteiger partial charge in [0.25, 0.3) is 0 Å². The molecule has 0 spiro atoms. The molecule has 49 heavy (non-hydrogen) atoms. The van der Waals surface area contributed by atoms with Crippen LogP contribution in [0.2, 0.25) is 0 Å². The van der Waals surface area contributed by atoms with E-state index in [1.165, 1.54) is 7.11 Å². The highest BCUT2D eigenvalue weighted by atomic mass is 16.5. The third kappa shape index (κ3) is 9.80. The van der Waals surface area contributed by atoms with Gasteiger partial charge in [-0.1, -0.05) is 42.5 Å². The molecular weight excluding hydrogens is 616 g/mol. The fourth-order valence-corrected chi connectivity index (χ4v) is 5.84. The van der Waals surface area contributed by atoms with Crippen LogP contribution in [0.4, 0.5) is 5.82 Å². The van der Waals surface area contributed by atoms with Gasteiger partial charge in [0, 0.05) is 41.5 Å². The van der Waals surface area contributed by atoms with Crippen LogP contribution in [-0.4, -0.2) is 70.3 Å². The van der Waals surface area contributed by atoms with E-state index in [0.717, 1.165) is 88.8 Å². The van der Waals surface area contributed by atoms with Gasteiger partial charge in [0.2, 0.25) is 0 Å². The van der Waals surface area contributed by atoms with Gasteiger partial charge in [0.05, 0.1) is 43.6 Å². The number of ether oxygens (including phenoxy) is 3. The van der Waals surface area contributed by atoms with Gasteiger partial charge >= 0.3 is 5.97 Å². The van der Waals surface area contributed by atoms with E-state index in [2.05, 4.69) is 56.2 Å². The molecule has 2 aromatic heterocycles. The molecule has 262 valence electrons. The summed E-state index contributed by atoms with van der Waals surface area (Å²) in [4.78, 5) is 19.7. The molecule has 0 atom stereocenters. The summed E-state index contributed by atoms with van der Waals surface area (Å²) in [5, 5.41) is 13.6. The third-order valence-corrected chi connectivity index (χ3v) is 8.36. The number of methoxy groups -OCH3 is 1. The van der Waals surface area contributed by atoms with Crippen LogP contribution in [0.25, 0.3) is 28.0 Å². The molecule has 0 radical (unpaired) electrons. The molecule has 1 N–H and O–H groups in total. The Bertz CT molecular complexity index is 1760. The summed E-state index contributed by atoms with van der Waals surface area (Å²) in [5.41, 5.74) is 6.63. The number of carbonyl (C=O) groups excluding carboxylic acids is 1. The molecule has 0 amide bonds. The summed E-state index contributed by atoms with van der Waals surface area (Å²) in [6, 6.07) is 16.5. The molecular formula is C40H52N4O5. The highest BCUT2D eigenvalue weighted by Gasteiger charge is 2.33. The van der Waals surface area contributed by atoms with Gasteiger partial charge in [-0.2, -0.15) is 9.61 Å². The fraction of sp³-hybridized carbons (Fsp3) is 0.425. The SMILES string of the molecule is C=CCCOc1cccc(C)c1-c1cccc(-c2cc3nc(C)c(CC(=O)OC)c(N4CCC(C)(OCC=C)CC4)n3n2)c1.CC(C)(C)O. The molecule has 1 aliphatic rings. The van der Waals surface area contributed by atoms with Crippen LogP contribution in [0.3, 0.4) is 0 Å². The minimum absolute atomic E-state index is 0.119. The monoisotopic (exact) mass is 668 g/mol. The van der Waals surface area contributed by atoms with Gasteiger partial charge in [0.15, 0.2) is 5.65 Å². The smallest absolute Gasteiger partial charge is 0.310 e. The number of piperidine rings is 1. The Morgan fingerprint density at radius 3 is 2.37 bits per heavy atom. The molecule has 1 fully saturated rings. The standard InChI is InChI=1S/C36H42N4O4.C4H10O/c1-7-9-21-43-31-15-10-12-25(3)34(31)28-14-11-13-27(22-28)30-24-32-37-26(4)29(23-33(41)42-6)35(40(32)38-30)39-18-16-36(5,17-19-39)44-20-8-2;1-4(2,3)5/h7-8,10-15,22,24H,1-2,9,16-21,23H2,3-6H3;5H,1-3H3. The van der Waals surface area contributed by atoms with Crippen molar-refractivity contribution in [2.75, 3.05) is 38.3 Å². The topological polar surface area (TPSA) is 98.4 Å². The number of aliphatic hydroxyl groups is 1. The molecule has 9 nitrogen and oxygen atoms in total. The van der Waals surface area contributed by atoms with Crippen molar-refractivity contribution in [3.63, 3.8) is 0 Å². The predicted molar refractivity (Wildman–Crippen MR) is 197 cm³/mol. The first-order valence-electron chi connectivity index (χ1n) is 16.9. The van der Waals surface area contributed by atoms with Gasteiger partial charge in [-0.25, -0.2) is 4.98 Å². The zero-order chi connectivity index (χ0) is 35.8. The van der Waals surface area contributed by atoms with Crippen molar-refractivity contribution in [1.29, 1.82) is 0 Å². The number of hydrogen-bond acceptors (Lipinski definition) is 8. The molecule has 9 heteroatoms. The first-order valence-corrected chi connectivity index (χ1v) is 16.9. The van der Waals surface area contributed by atoms with Crippen LogP contribution in [-0.2, 0) is 20.7 Å². The Morgan fingerprint density at radius 1 is 1.04 bits per heavy atom. The minimum atomic E-state index is -0.500. The summed E-state index contributed by atoms with van der Waals surface area (Å²) in [6.45, 7) is 21.6. The number of hydrogen-bond donors (Lipinski definition) is 1. The Kier molecular flexibility index (Phi) is 12.4. The highest BCUT2D eigenvalue weighted by Crippen LogP contribution is 2.37.